The summed E-state index contributed by atoms with van der Waals surface area (Å²) < 4.78 is 5.18. The number of nitrogens with zero attached hydrogens (tertiary/aromatic N) is 4. The van der Waals surface area contributed by atoms with E-state index in [2.05, 4.69) is 9.80 Å². The second kappa shape index (κ2) is 11.1. The number of phenolic OH excluding ortho intramolecular Hbond substituents is 1. The largest absolute Gasteiger partial charge is 0.508 e. The van der Waals surface area contributed by atoms with Gasteiger partial charge in [-0.1, -0.05) is 18.2 Å². The fourth-order valence-electron chi connectivity index (χ4n) is 4.88. The fraction of sp³-hybridized carbons (Fsp3) is 0.538. The van der Waals surface area contributed by atoms with Crippen molar-refractivity contribution in [3.8, 4) is 5.75 Å². The molecule has 3 heterocycles. The average Bonchev–Trinajstić information content (AvgIpc) is 2.84. The number of aromatic nitrogens is 1. The van der Waals surface area contributed by atoms with Gasteiger partial charge in [0.25, 0.3) is 5.91 Å². The Morgan fingerprint density at radius 1 is 1.03 bits per heavy atom. The molecule has 2 aromatic rings. The van der Waals surface area contributed by atoms with E-state index in [-0.39, 0.29) is 11.8 Å². The first-order valence-electron chi connectivity index (χ1n) is 12.0. The zero-order chi connectivity index (χ0) is 23.2. The zero-order valence-corrected chi connectivity index (χ0v) is 19.9. The third-order valence-electron chi connectivity index (χ3n) is 6.93. The number of para-hydroxylation sites is 1. The summed E-state index contributed by atoms with van der Waals surface area (Å²) >= 11 is 0. The summed E-state index contributed by atoms with van der Waals surface area (Å²) in [5.41, 5.74) is 3.65. The van der Waals surface area contributed by atoms with Gasteiger partial charge in [0.1, 0.15) is 5.75 Å². The molecule has 0 unspecified atom stereocenters. The Morgan fingerprint density at radius 2 is 1.76 bits per heavy atom. The van der Waals surface area contributed by atoms with Crippen molar-refractivity contribution in [2.75, 3.05) is 59.5 Å². The molecule has 2 fully saturated rings. The third-order valence-corrected chi connectivity index (χ3v) is 6.93. The van der Waals surface area contributed by atoms with Gasteiger partial charge in [-0.2, -0.15) is 0 Å². The van der Waals surface area contributed by atoms with Crippen molar-refractivity contribution in [3.05, 3.63) is 58.9 Å². The number of likely N-dealkylation sites (tertiary alicyclic amines) is 1. The Labute approximate surface area is 197 Å². The van der Waals surface area contributed by atoms with E-state index in [1.165, 1.54) is 0 Å². The Hall–Kier alpha value is -2.48. The fourth-order valence-corrected chi connectivity index (χ4v) is 4.88. The molecule has 0 bridgehead atoms. The molecule has 0 spiro atoms. The lowest BCUT2D eigenvalue weighted by Crippen LogP contribution is -2.49. The second-order valence-electron chi connectivity index (χ2n) is 9.19. The van der Waals surface area contributed by atoms with Crippen LogP contribution in [0.5, 0.6) is 5.75 Å². The Kier molecular flexibility index (Phi) is 7.96. The van der Waals surface area contributed by atoms with Crippen LogP contribution in [0.1, 0.15) is 46.1 Å². The van der Waals surface area contributed by atoms with E-state index >= 15 is 0 Å². The smallest absolute Gasteiger partial charge is 0.255 e. The lowest BCUT2D eigenvalue weighted by atomic mass is 9.89. The number of hydrogen-bond donors (Lipinski definition) is 1. The van der Waals surface area contributed by atoms with Crippen molar-refractivity contribution in [1.82, 2.24) is 19.7 Å². The first-order chi connectivity index (χ1) is 16.0. The van der Waals surface area contributed by atoms with Crippen LogP contribution >= 0.6 is 0 Å². The van der Waals surface area contributed by atoms with Crippen LogP contribution in [-0.2, 0) is 11.3 Å². The Balaban J connectivity index is 1.39. The highest BCUT2D eigenvalue weighted by molar-refractivity contribution is 5.95. The van der Waals surface area contributed by atoms with E-state index < -0.39 is 0 Å². The number of aromatic hydroxyl groups is 1. The van der Waals surface area contributed by atoms with Gasteiger partial charge in [0.15, 0.2) is 0 Å². The lowest BCUT2D eigenvalue weighted by Gasteiger charge is -2.36. The van der Waals surface area contributed by atoms with Crippen LogP contribution in [0.25, 0.3) is 0 Å². The quantitative estimate of drug-likeness (QED) is 0.697. The maximum absolute atomic E-state index is 13.4. The Bertz CT molecular complexity index is 935. The van der Waals surface area contributed by atoms with Crippen LogP contribution < -0.4 is 0 Å². The van der Waals surface area contributed by atoms with Crippen molar-refractivity contribution in [2.45, 2.75) is 32.2 Å². The first-order valence-corrected chi connectivity index (χ1v) is 12.0. The first kappa shape index (κ1) is 23.7. The molecule has 7 heteroatoms. The molecule has 0 saturated carbocycles. The van der Waals surface area contributed by atoms with E-state index in [1.54, 1.807) is 13.2 Å². The number of aryl methyl sites for hydroxylation is 1. The molecule has 33 heavy (non-hydrogen) atoms. The van der Waals surface area contributed by atoms with Crippen LogP contribution in [0.3, 0.4) is 0 Å². The topological polar surface area (TPSA) is 69.1 Å². The minimum atomic E-state index is 0.112. The van der Waals surface area contributed by atoms with Crippen molar-refractivity contribution in [2.24, 2.45) is 0 Å². The summed E-state index contributed by atoms with van der Waals surface area (Å²) in [6.45, 7) is 9.50. The second-order valence-corrected chi connectivity index (χ2v) is 9.19. The van der Waals surface area contributed by atoms with Gasteiger partial charge in [-0.3, -0.25) is 19.6 Å². The molecule has 0 aliphatic carbocycles. The molecule has 0 radical (unpaired) electrons. The van der Waals surface area contributed by atoms with E-state index in [0.717, 1.165) is 94.3 Å². The molecule has 1 aromatic heterocycles. The molecule has 1 N–H and O–H groups in total. The molecule has 2 aliphatic heterocycles. The summed E-state index contributed by atoms with van der Waals surface area (Å²) in [4.78, 5) is 25.0. The van der Waals surface area contributed by atoms with Crippen molar-refractivity contribution >= 4 is 5.91 Å². The van der Waals surface area contributed by atoms with Gasteiger partial charge in [0.2, 0.25) is 0 Å². The molecule has 178 valence electrons. The number of piperazine rings is 1. The van der Waals surface area contributed by atoms with Gasteiger partial charge in [0.05, 0.1) is 17.9 Å². The highest BCUT2D eigenvalue weighted by Gasteiger charge is 2.29. The minimum absolute atomic E-state index is 0.112. The number of benzene rings is 1. The molecule has 1 amide bonds. The standard InChI is InChI=1S/C26H36N4O3/c1-20-7-8-23(26(32)30-15-13-28(14-16-30)17-18-33-2)25(27-20)21-9-11-29(12-10-21)19-22-5-3-4-6-24(22)31/h3-8,21,31H,9-19H2,1-2H3. The van der Waals surface area contributed by atoms with Crippen LogP contribution in [-0.4, -0.2) is 90.2 Å². The van der Waals surface area contributed by atoms with Gasteiger partial charge in [0, 0.05) is 63.6 Å². The molecule has 4 rings (SSSR count). The maximum Gasteiger partial charge on any atom is 0.255 e. The number of carbonyl (C=O) groups excluding carboxylic acids is 1. The number of methoxy groups -OCH3 is 1. The number of pyridine rings is 1. The van der Waals surface area contributed by atoms with Gasteiger partial charge in [-0.05, 0) is 51.1 Å². The van der Waals surface area contributed by atoms with Gasteiger partial charge < -0.3 is 14.7 Å². The average molecular weight is 453 g/mol. The van der Waals surface area contributed by atoms with E-state index in [1.807, 2.05) is 42.2 Å². The maximum atomic E-state index is 13.4. The number of carbonyl (C=O) groups is 1. The van der Waals surface area contributed by atoms with Gasteiger partial charge in [-0.25, -0.2) is 0 Å². The van der Waals surface area contributed by atoms with Crippen LogP contribution in [0.2, 0.25) is 0 Å². The number of ether oxygens (including phenoxy) is 1. The third kappa shape index (κ3) is 5.91. The number of rotatable bonds is 7. The number of hydrogen-bond acceptors (Lipinski definition) is 6. The number of amides is 1. The zero-order valence-electron chi connectivity index (χ0n) is 19.9. The van der Waals surface area contributed by atoms with Gasteiger partial charge in [-0.15, -0.1) is 0 Å². The van der Waals surface area contributed by atoms with Gasteiger partial charge >= 0.3 is 0 Å². The number of phenols is 1. The normalized spacial score (nSPS) is 18.5. The SMILES string of the molecule is COCCN1CCN(C(=O)c2ccc(C)nc2C2CCN(Cc3ccccc3O)CC2)CC1. The minimum Gasteiger partial charge on any atom is -0.508 e. The molecule has 2 aliphatic rings. The summed E-state index contributed by atoms with van der Waals surface area (Å²) in [7, 11) is 1.72. The van der Waals surface area contributed by atoms with E-state index in [0.29, 0.717) is 5.75 Å². The Morgan fingerprint density at radius 3 is 2.45 bits per heavy atom. The predicted octanol–water partition coefficient (Wildman–Crippen LogP) is 2.88. The summed E-state index contributed by atoms with van der Waals surface area (Å²) in [5, 5.41) is 10.1. The molecular formula is C26H36N4O3. The number of piperidine rings is 1. The lowest BCUT2D eigenvalue weighted by molar-refractivity contribution is 0.0591. The van der Waals surface area contributed by atoms with Crippen molar-refractivity contribution < 1.29 is 14.6 Å². The van der Waals surface area contributed by atoms with E-state index in [4.69, 9.17) is 9.72 Å². The van der Waals surface area contributed by atoms with Crippen LogP contribution in [0.15, 0.2) is 36.4 Å². The molecular weight excluding hydrogens is 416 g/mol. The van der Waals surface area contributed by atoms with E-state index in [9.17, 15) is 9.90 Å². The molecule has 2 saturated heterocycles. The highest BCUT2D eigenvalue weighted by Crippen LogP contribution is 2.31. The van der Waals surface area contributed by atoms with Crippen molar-refractivity contribution in [1.29, 1.82) is 0 Å². The predicted molar refractivity (Wildman–Crippen MR) is 129 cm³/mol. The summed E-state index contributed by atoms with van der Waals surface area (Å²) in [6.07, 6.45) is 1.93. The molecule has 1 aromatic carbocycles. The van der Waals surface area contributed by atoms with Crippen LogP contribution in [0, 0.1) is 6.92 Å². The highest BCUT2D eigenvalue weighted by atomic mass is 16.5. The monoisotopic (exact) mass is 452 g/mol. The summed E-state index contributed by atoms with van der Waals surface area (Å²) in [5.74, 6) is 0.753. The summed E-state index contributed by atoms with van der Waals surface area (Å²) in [6, 6.07) is 11.5. The van der Waals surface area contributed by atoms with Crippen molar-refractivity contribution in [3.63, 3.8) is 0 Å². The van der Waals surface area contributed by atoms with Crippen LogP contribution in [0.4, 0.5) is 0 Å². The molecule has 0 atom stereocenters. The molecule has 7 nitrogen and oxygen atoms in total.